The van der Waals surface area contributed by atoms with Crippen molar-refractivity contribution in [2.45, 2.75) is 26.2 Å². The van der Waals surface area contributed by atoms with E-state index in [0.717, 1.165) is 12.0 Å². The fraction of sp³-hybridized carbons (Fsp3) is 0.238. The number of aromatic nitrogens is 2. The van der Waals surface area contributed by atoms with Crippen LogP contribution in [0.25, 0.3) is 0 Å². The Morgan fingerprint density at radius 3 is 2.30 bits per heavy atom. The van der Waals surface area contributed by atoms with Gasteiger partial charge in [-0.25, -0.2) is 4.79 Å². The van der Waals surface area contributed by atoms with E-state index in [2.05, 4.69) is 10.3 Å². The summed E-state index contributed by atoms with van der Waals surface area (Å²) < 4.78 is 7.16. The van der Waals surface area contributed by atoms with Crippen molar-refractivity contribution in [2.75, 3.05) is 11.9 Å². The number of H-pyrrole nitrogens is 1. The SMILES string of the molecule is C[C@H](OCc1ccccc1)n1cc(NCCc2ccccc2)c(=O)[nH]c1=O. The van der Waals surface area contributed by atoms with Gasteiger partial charge in [0.15, 0.2) is 0 Å². The third-order valence-corrected chi connectivity index (χ3v) is 4.27. The lowest BCUT2D eigenvalue weighted by Crippen LogP contribution is -2.33. The minimum atomic E-state index is -0.510. The van der Waals surface area contributed by atoms with Crippen LogP contribution in [0.4, 0.5) is 5.69 Å². The lowest BCUT2D eigenvalue weighted by atomic mass is 10.1. The molecule has 1 atom stereocenters. The van der Waals surface area contributed by atoms with Crippen LogP contribution in [0.1, 0.15) is 24.3 Å². The molecule has 0 amide bonds. The summed E-state index contributed by atoms with van der Waals surface area (Å²) in [5.74, 6) is 0. The molecule has 0 saturated carbocycles. The van der Waals surface area contributed by atoms with Gasteiger partial charge in [-0.1, -0.05) is 60.7 Å². The van der Waals surface area contributed by atoms with E-state index >= 15 is 0 Å². The normalized spacial score (nSPS) is 11.9. The molecule has 0 aliphatic rings. The van der Waals surface area contributed by atoms with Crippen molar-refractivity contribution in [2.24, 2.45) is 0 Å². The van der Waals surface area contributed by atoms with Crippen molar-refractivity contribution in [1.29, 1.82) is 0 Å². The van der Waals surface area contributed by atoms with Crippen molar-refractivity contribution in [3.8, 4) is 0 Å². The Morgan fingerprint density at radius 2 is 1.63 bits per heavy atom. The summed E-state index contributed by atoms with van der Waals surface area (Å²) in [5, 5.41) is 3.10. The van der Waals surface area contributed by atoms with Gasteiger partial charge in [0.1, 0.15) is 11.9 Å². The summed E-state index contributed by atoms with van der Waals surface area (Å²) in [7, 11) is 0. The zero-order valence-electron chi connectivity index (χ0n) is 15.2. The summed E-state index contributed by atoms with van der Waals surface area (Å²) in [6.07, 6.45) is 1.78. The molecule has 0 saturated heterocycles. The monoisotopic (exact) mass is 365 g/mol. The zero-order valence-corrected chi connectivity index (χ0v) is 15.2. The van der Waals surface area contributed by atoms with Gasteiger partial charge in [0.2, 0.25) is 0 Å². The number of ether oxygens (including phenoxy) is 1. The smallest absolute Gasteiger partial charge is 0.330 e. The van der Waals surface area contributed by atoms with Gasteiger partial charge in [-0.3, -0.25) is 14.3 Å². The summed E-state index contributed by atoms with van der Waals surface area (Å²) in [6, 6.07) is 19.7. The van der Waals surface area contributed by atoms with Crippen molar-refractivity contribution < 1.29 is 4.74 Å². The van der Waals surface area contributed by atoms with Gasteiger partial charge in [-0.2, -0.15) is 0 Å². The van der Waals surface area contributed by atoms with Crippen LogP contribution in [0.3, 0.4) is 0 Å². The second-order valence-corrected chi connectivity index (χ2v) is 6.27. The lowest BCUT2D eigenvalue weighted by molar-refractivity contribution is 0.000939. The van der Waals surface area contributed by atoms with Gasteiger partial charge in [0, 0.05) is 12.7 Å². The predicted molar refractivity (Wildman–Crippen MR) is 106 cm³/mol. The Labute approximate surface area is 157 Å². The van der Waals surface area contributed by atoms with Gasteiger partial charge in [-0.15, -0.1) is 0 Å². The molecule has 0 aliphatic heterocycles. The quantitative estimate of drug-likeness (QED) is 0.644. The molecule has 0 radical (unpaired) electrons. The van der Waals surface area contributed by atoms with E-state index in [9.17, 15) is 9.59 Å². The number of hydrogen-bond donors (Lipinski definition) is 2. The minimum absolute atomic E-state index is 0.348. The van der Waals surface area contributed by atoms with Gasteiger partial charge >= 0.3 is 5.69 Å². The van der Waals surface area contributed by atoms with Gasteiger partial charge in [-0.05, 0) is 24.5 Å². The molecule has 0 unspecified atom stereocenters. The van der Waals surface area contributed by atoms with Gasteiger partial charge in [0.05, 0.1) is 6.61 Å². The van der Waals surface area contributed by atoms with E-state index in [1.807, 2.05) is 60.7 Å². The fourth-order valence-corrected chi connectivity index (χ4v) is 2.74. The van der Waals surface area contributed by atoms with E-state index in [1.165, 1.54) is 16.3 Å². The molecular formula is C21H23N3O3. The number of nitrogens with one attached hydrogen (secondary N) is 2. The Hall–Kier alpha value is -3.12. The number of hydrogen-bond acceptors (Lipinski definition) is 4. The van der Waals surface area contributed by atoms with Crippen molar-refractivity contribution in [1.82, 2.24) is 9.55 Å². The van der Waals surface area contributed by atoms with Gasteiger partial charge in [0.25, 0.3) is 5.56 Å². The average Bonchev–Trinajstić information content (AvgIpc) is 2.69. The standard InChI is InChI=1S/C21H23N3O3/c1-16(27-15-18-10-6-3-7-11-18)24-14-19(20(25)23-21(24)26)22-13-12-17-8-4-2-5-9-17/h2-11,14,16,22H,12-13,15H2,1H3,(H,23,25,26)/t16-/m0/s1. The number of aromatic amines is 1. The number of benzene rings is 2. The van der Waals surface area contributed by atoms with Crippen LogP contribution in [0.2, 0.25) is 0 Å². The molecule has 3 rings (SSSR count). The van der Waals surface area contributed by atoms with E-state index in [4.69, 9.17) is 4.74 Å². The van der Waals surface area contributed by atoms with Crippen molar-refractivity contribution in [3.05, 3.63) is 98.8 Å². The average molecular weight is 365 g/mol. The van der Waals surface area contributed by atoms with Crippen LogP contribution >= 0.6 is 0 Å². The van der Waals surface area contributed by atoms with E-state index in [1.54, 1.807) is 6.92 Å². The molecule has 0 fully saturated rings. The molecule has 0 aliphatic carbocycles. The molecule has 0 bridgehead atoms. The molecule has 6 nitrogen and oxygen atoms in total. The maximum Gasteiger partial charge on any atom is 0.330 e. The minimum Gasteiger partial charge on any atom is -0.379 e. The molecule has 3 aromatic rings. The van der Waals surface area contributed by atoms with Crippen LogP contribution in [-0.2, 0) is 17.8 Å². The van der Waals surface area contributed by atoms with Crippen LogP contribution in [-0.4, -0.2) is 16.1 Å². The first kappa shape index (κ1) is 18.7. The lowest BCUT2D eigenvalue weighted by Gasteiger charge is -2.17. The summed E-state index contributed by atoms with van der Waals surface area (Å²) in [4.78, 5) is 26.5. The molecule has 1 heterocycles. The van der Waals surface area contributed by atoms with Crippen LogP contribution < -0.4 is 16.6 Å². The van der Waals surface area contributed by atoms with Crippen molar-refractivity contribution >= 4 is 5.69 Å². The Balaban J connectivity index is 1.65. The molecule has 0 spiro atoms. The Morgan fingerprint density at radius 1 is 1.00 bits per heavy atom. The third-order valence-electron chi connectivity index (χ3n) is 4.27. The molecule has 2 aromatic carbocycles. The Kier molecular flexibility index (Phi) is 6.22. The van der Waals surface area contributed by atoms with Crippen molar-refractivity contribution in [3.63, 3.8) is 0 Å². The first-order valence-corrected chi connectivity index (χ1v) is 8.92. The molecule has 1 aromatic heterocycles. The highest BCUT2D eigenvalue weighted by atomic mass is 16.5. The molecule has 2 N–H and O–H groups in total. The predicted octanol–water partition coefficient (Wildman–Crippen LogP) is 2.93. The zero-order chi connectivity index (χ0) is 19.1. The van der Waals surface area contributed by atoms with E-state index in [0.29, 0.717) is 18.8 Å². The summed E-state index contributed by atoms with van der Waals surface area (Å²) in [5.41, 5.74) is 1.62. The molecule has 27 heavy (non-hydrogen) atoms. The second kappa shape index (κ2) is 9.00. The third kappa shape index (κ3) is 5.18. The summed E-state index contributed by atoms with van der Waals surface area (Å²) in [6.45, 7) is 2.74. The highest BCUT2D eigenvalue weighted by Gasteiger charge is 2.11. The maximum absolute atomic E-state index is 12.1. The molecular weight excluding hydrogens is 342 g/mol. The largest absolute Gasteiger partial charge is 0.379 e. The molecule has 6 heteroatoms. The highest BCUT2D eigenvalue weighted by Crippen LogP contribution is 2.10. The van der Waals surface area contributed by atoms with E-state index < -0.39 is 17.5 Å². The van der Waals surface area contributed by atoms with E-state index in [-0.39, 0.29) is 0 Å². The second-order valence-electron chi connectivity index (χ2n) is 6.27. The topological polar surface area (TPSA) is 76.1 Å². The first-order valence-electron chi connectivity index (χ1n) is 8.92. The van der Waals surface area contributed by atoms with Gasteiger partial charge < -0.3 is 10.1 Å². The maximum atomic E-state index is 12.1. The fourth-order valence-electron chi connectivity index (χ4n) is 2.74. The summed E-state index contributed by atoms with van der Waals surface area (Å²) >= 11 is 0. The highest BCUT2D eigenvalue weighted by molar-refractivity contribution is 5.38. The molecule has 140 valence electrons. The van der Waals surface area contributed by atoms with Crippen LogP contribution in [0, 0.1) is 0 Å². The Bertz CT molecular complexity index is 965. The number of rotatable bonds is 8. The number of nitrogens with zero attached hydrogens (tertiary/aromatic N) is 1. The first-order chi connectivity index (χ1) is 13.1. The number of anilines is 1. The van der Waals surface area contributed by atoms with Crippen LogP contribution in [0.15, 0.2) is 76.4 Å². The van der Waals surface area contributed by atoms with Crippen LogP contribution in [0.5, 0.6) is 0 Å².